The van der Waals surface area contributed by atoms with Crippen molar-refractivity contribution in [2.75, 3.05) is 0 Å². The summed E-state index contributed by atoms with van der Waals surface area (Å²) in [4.78, 5) is 4.47. The van der Waals surface area contributed by atoms with Crippen molar-refractivity contribution in [3.63, 3.8) is 0 Å². The van der Waals surface area contributed by atoms with Crippen molar-refractivity contribution in [1.29, 1.82) is 0 Å². The summed E-state index contributed by atoms with van der Waals surface area (Å²) >= 11 is 12.4. The summed E-state index contributed by atoms with van der Waals surface area (Å²) in [6, 6.07) is 15.4. The monoisotopic (exact) mass is 398 g/mol. The van der Waals surface area contributed by atoms with Gasteiger partial charge in [-0.15, -0.1) is 5.10 Å². The smallest absolute Gasteiger partial charge is 0.138 e. The third kappa shape index (κ3) is 4.04. The van der Waals surface area contributed by atoms with Crippen LogP contribution in [-0.2, 0) is 13.2 Å². The number of para-hydroxylation sites is 1. The lowest BCUT2D eigenvalue weighted by atomic mass is 10.1. The van der Waals surface area contributed by atoms with Crippen LogP contribution in [0.1, 0.15) is 16.8 Å². The molecule has 0 unspecified atom stereocenters. The number of aryl methyl sites for hydroxylation is 1. The van der Waals surface area contributed by atoms with E-state index < -0.39 is 0 Å². The molecule has 4 rings (SSSR count). The van der Waals surface area contributed by atoms with Gasteiger partial charge in [-0.25, -0.2) is 9.67 Å². The van der Waals surface area contributed by atoms with Crippen LogP contribution in [0.4, 0.5) is 0 Å². The van der Waals surface area contributed by atoms with Crippen LogP contribution in [0.5, 0.6) is 5.75 Å². The van der Waals surface area contributed by atoms with Crippen LogP contribution in [0.25, 0.3) is 10.9 Å². The van der Waals surface area contributed by atoms with E-state index in [0.29, 0.717) is 28.2 Å². The molecule has 0 spiro atoms. The van der Waals surface area contributed by atoms with Crippen LogP contribution in [0, 0.1) is 6.92 Å². The van der Waals surface area contributed by atoms with Crippen molar-refractivity contribution < 1.29 is 4.74 Å². The maximum absolute atomic E-state index is 6.35. The standard InChI is InChI=1S/C20H16Cl2N4O/c1-13-6-7-18-14(8-13)9-15(20(22)23-18)10-26-11-16(24-25-26)12-27-19-5-3-2-4-17(19)21/h2-9,11H,10,12H2,1H3. The van der Waals surface area contributed by atoms with E-state index in [1.165, 1.54) is 5.56 Å². The quantitative estimate of drug-likeness (QED) is 0.440. The zero-order valence-corrected chi connectivity index (χ0v) is 16.1. The molecule has 0 atom stereocenters. The van der Waals surface area contributed by atoms with Gasteiger partial charge in [-0.3, -0.25) is 0 Å². The van der Waals surface area contributed by atoms with E-state index in [0.717, 1.165) is 16.5 Å². The van der Waals surface area contributed by atoms with E-state index in [2.05, 4.69) is 28.3 Å². The third-order valence-electron chi connectivity index (χ3n) is 4.13. The van der Waals surface area contributed by atoms with Crippen LogP contribution < -0.4 is 4.74 Å². The summed E-state index contributed by atoms with van der Waals surface area (Å²) in [7, 11) is 0. The Hall–Kier alpha value is -2.63. The van der Waals surface area contributed by atoms with E-state index >= 15 is 0 Å². The molecule has 2 aromatic carbocycles. The van der Waals surface area contributed by atoms with Gasteiger partial charge in [-0.05, 0) is 37.3 Å². The highest BCUT2D eigenvalue weighted by atomic mass is 35.5. The van der Waals surface area contributed by atoms with E-state index in [1.807, 2.05) is 42.6 Å². The van der Waals surface area contributed by atoms with Gasteiger partial charge in [-0.2, -0.15) is 0 Å². The molecule has 0 amide bonds. The molecular formula is C20H16Cl2N4O. The number of nitrogens with zero attached hydrogens (tertiary/aromatic N) is 4. The van der Waals surface area contributed by atoms with Gasteiger partial charge < -0.3 is 4.74 Å². The Kier molecular flexibility index (Phi) is 4.97. The van der Waals surface area contributed by atoms with Gasteiger partial charge in [0, 0.05) is 10.9 Å². The average Bonchev–Trinajstić information content (AvgIpc) is 3.09. The van der Waals surface area contributed by atoms with Crippen molar-refractivity contribution in [3.8, 4) is 5.75 Å². The summed E-state index contributed by atoms with van der Waals surface area (Å²) in [5.41, 5.74) is 3.65. The molecular weight excluding hydrogens is 383 g/mol. The van der Waals surface area contributed by atoms with Crippen LogP contribution in [0.15, 0.2) is 54.7 Å². The van der Waals surface area contributed by atoms with E-state index in [-0.39, 0.29) is 6.61 Å². The Balaban J connectivity index is 1.50. The zero-order valence-electron chi connectivity index (χ0n) is 14.6. The lowest BCUT2D eigenvalue weighted by molar-refractivity contribution is 0.301. The molecule has 2 aromatic heterocycles. The molecule has 0 bridgehead atoms. The van der Waals surface area contributed by atoms with E-state index in [1.54, 1.807) is 10.7 Å². The molecule has 0 aliphatic rings. The molecule has 0 saturated carbocycles. The number of hydrogen-bond donors (Lipinski definition) is 0. The van der Waals surface area contributed by atoms with E-state index in [9.17, 15) is 0 Å². The number of rotatable bonds is 5. The molecule has 27 heavy (non-hydrogen) atoms. The fourth-order valence-electron chi connectivity index (χ4n) is 2.80. The Morgan fingerprint density at radius 1 is 1.07 bits per heavy atom. The lowest BCUT2D eigenvalue weighted by Crippen LogP contribution is -2.02. The predicted octanol–water partition coefficient (Wildman–Crippen LogP) is 5.07. The topological polar surface area (TPSA) is 52.8 Å². The first kappa shape index (κ1) is 17.8. The fraction of sp³-hybridized carbons (Fsp3) is 0.150. The number of ether oxygens (including phenoxy) is 1. The summed E-state index contributed by atoms with van der Waals surface area (Å²) in [6.45, 7) is 2.82. The molecule has 0 aliphatic carbocycles. The molecule has 0 N–H and O–H groups in total. The number of hydrogen-bond acceptors (Lipinski definition) is 4. The van der Waals surface area contributed by atoms with Crippen LogP contribution in [-0.4, -0.2) is 20.0 Å². The van der Waals surface area contributed by atoms with Gasteiger partial charge in [-0.1, -0.05) is 52.2 Å². The van der Waals surface area contributed by atoms with Gasteiger partial charge in [0.15, 0.2) is 0 Å². The van der Waals surface area contributed by atoms with Crippen LogP contribution >= 0.6 is 23.2 Å². The Labute approximate surface area is 166 Å². The van der Waals surface area contributed by atoms with Crippen molar-refractivity contribution >= 4 is 34.1 Å². The molecule has 0 saturated heterocycles. The van der Waals surface area contributed by atoms with Gasteiger partial charge in [0.2, 0.25) is 0 Å². The van der Waals surface area contributed by atoms with Gasteiger partial charge in [0.05, 0.1) is 23.3 Å². The minimum Gasteiger partial charge on any atom is -0.486 e. The van der Waals surface area contributed by atoms with E-state index in [4.69, 9.17) is 27.9 Å². The summed E-state index contributed by atoms with van der Waals surface area (Å²) in [5.74, 6) is 0.617. The summed E-state index contributed by atoms with van der Waals surface area (Å²) in [5, 5.41) is 10.4. The molecule has 0 radical (unpaired) electrons. The van der Waals surface area contributed by atoms with Gasteiger partial charge in [0.1, 0.15) is 23.2 Å². The molecule has 0 aliphatic heterocycles. The minimum atomic E-state index is 0.284. The number of pyridine rings is 1. The molecule has 5 nitrogen and oxygen atoms in total. The van der Waals surface area contributed by atoms with Crippen LogP contribution in [0.2, 0.25) is 10.2 Å². The number of fused-ring (bicyclic) bond motifs is 1. The molecule has 2 heterocycles. The SMILES string of the molecule is Cc1ccc2nc(Cl)c(Cn3cc(COc4ccccc4Cl)nn3)cc2c1. The highest BCUT2D eigenvalue weighted by molar-refractivity contribution is 6.32. The summed E-state index contributed by atoms with van der Waals surface area (Å²) in [6.07, 6.45) is 1.83. The van der Waals surface area contributed by atoms with Gasteiger partial charge >= 0.3 is 0 Å². The Morgan fingerprint density at radius 3 is 2.78 bits per heavy atom. The second-order valence-electron chi connectivity index (χ2n) is 6.26. The first-order valence-electron chi connectivity index (χ1n) is 8.40. The average molecular weight is 399 g/mol. The number of halogens is 2. The molecule has 7 heteroatoms. The van der Waals surface area contributed by atoms with Crippen molar-refractivity contribution in [2.24, 2.45) is 0 Å². The number of aromatic nitrogens is 4. The largest absolute Gasteiger partial charge is 0.486 e. The first-order valence-corrected chi connectivity index (χ1v) is 9.16. The maximum Gasteiger partial charge on any atom is 0.138 e. The second kappa shape index (κ2) is 7.55. The van der Waals surface area contributed by atoms with Crippen molar-refractivity contribution in [1.82, 2.24) is 20.0 Å². The summed E-state index contributed by atoms with van der Waals surface area (Å²) < 4.78 is 7.41. The normalized spacial score (nSPS) is 11.1. The third-order valence-corrected chi connectivity index (χ3v) is 4.77. The Morgan fingerprint density at radius 2 is 1.93 bits per heavy atom. The minimum absolute atomic E-state index is 0.284. The predicted molar refractivity (Wildman–Crippen MR) is 106 cm³/mol. The highest BCUT2D eigenvalue weighted by Crippen LogP contribution is 2.24. The second-order valence-corrected chi connectivity index (χ2v) is 7.03. The number of benzene rings is 2. The fourth-order valence-corrected chi connectivity index (χ4v) is 3.19. The molecule has 4 aromatic rings. The Bertz CT molecular complexity index is 1110. The van der Waals surface area contributed by atoms with Crippen molar-refractivity contribution in [3.05, 3.63) is 81.7 Å². The maximum atomic E-state index is 6.35. The molecule has 136 valence electrons. The van der Waals surface area contributed by atoms with Crippen molar-refractivity contribution in [2.45, 2.75) is 20.1 Å². The first-order chi connectivity index (χ1) is 13.1. The molecule has 0 fully saturated rings. The lowest BCUT2D eigenvalue weighted by Gasteiger charge is -2.07. The van der Waals surface area contributed by atoms with Crippen LogP contribution in [0.3, 0.4) is 0 Å². The van der Waals surface area contributed by atoms with Gasteiger partial charge in [0.25, 0.3) is 0 Å². The highest BCUT2D eigenvalue weighted by Gasteiger charge is 2.09. The zero-order chi connectivity index (χ0) is 18.8.